The van der Waals surface area contributed by atoms with Crippen LogP contribution in [0.15, 0.2) is 5.38 Å². The molecule has 0 radical (unpaired) electrons. The summed E-state index contributed by atoms with van der Waals surface area (Å²) >= 11 is 1.58. The minimum atomic E-state index is -0.915. The van der Waals surface area contributed by atoms with Gasteiger partial charge >= 0.3 is 12.0 Å². The van der Waals surface area contributed by atoms with Crippen molar-refractivity contribution in [3.05, 3.63) is 16.1 Å². The fourth-order valence-corrected chi connectivity index (χ4v) is 2.90. The van der Waals surface area contributed by atoms with Gasteiger partial charge in [0.25, 0.3) is 0 Å². The van der Waals surface area contributed by atoms with Crippen molar-refractivity contribution in [3.63, 3.8) is 0 Å². The number of nitrogens with one attached hydrogen (secondary N) is 1. The van der Waals surface area contributed by atoms with Crippen LogP contribution in [0, 0.1) is 6.92 Å². The zero-order valence-corrected chi connectivity index (χ0v) is 12.7. The molecule has 1 aromatic heterocycles. The van der Waals surface area contributed by atoms with Crippen LogP contribution in [0.2, 0.25) is 0 Å². The maximum atomic E-state index is 12.0. The van der Waals surface area contributed by atoms with Crippen molar-refractivity contribution in [2.75, 3.05) is 26.2 Å². The Morgan fingerprint density at radius 2 is 2.43 bits per heavy atom. The van der Waals surface area contributed by atoms with E-state index in [-0.39, 0.29) is 12.5 Å². The Morgan fingerprint density at radius 1 is 1.62 bits per heavy atom. The summed E-state index contributed by atoms with van der Waals surface area (Å²) in [6.07, 6.45) is 0.193. The molecule has 1 aliphatic heterocycles. The predicted octanol–water partition coefficient (Wildman–Crippen LogP) is 0.879. The molecule has 1 aromatic rings. The molecule has 116 valence electrons. The van der Waals surface area contributed by atoms with Gasteiger partial charge in [-0.2, -0.15) is 0 Å². The number of carboxylic acids is 1. The number of aliphatic carboxylic acids is 1. The average molecular weight is 313 g/mol. The van der Waals surface area contributed by atoms with E-state index in [4.69, 9.17) is 9.84 Å². The maximum Gasteiger partial charge on any atom is 0.317 e. The van der Waals surface area contributed by atoms with Gasteiger partial charge in [-0.3, -0.25) is 4.79 Å². The van der Waals surface area contributed by atoms with Crippen molar-refractivity contribution in [3.8, 4) is 0 Å². The summed E-state index contributed by atoms with van der Waals surface area (Å²) in [5, 5.41) is 14.6. The molecule has 2 rings (SSSR count). The highest BCUT2D eigenvalue weighted by Gasteiger charge is 2.25. The van der Waals surface area contributed by atoms with Gasteiger partial charge in [-0.15, -0.1) is 11.3 Å². The topological polar surface area (TPSA) is 91.8 Å². The van der Waals surface area contributed by atoms with Gasteiger partial charge in [0.05, 0.1) is 24.1 Å². The number of hydrogen-bond donors (Lipinski definition) is 2. The normalized spacial score (nSPS) is 18.5. The zero-order valence-electron chi connectivity index (χ0n) is 11.9. The zero-order chi connectivity index (χ0) is 15.2. The van der Waals surface area contributed by atoms with E-state index in [1.165, 1.54) is 0 Å². The fraction of sp³-hybridized carbons (Fsp3) is 0.615. The van der Waals surface area contributed by atoms with Gasteiger partial charge in [0.1, 0.15) is 0 Å². The van der Waals surface area contributed by atoms with E-state index in [1.807, 2.05) is 12.3 Å². The van der Waals surface area contributed by atoms with Crippen molar-refractivity contribution in [1.82, 2.24) is 15.2 Å². The summed E-state index contributed by atoms with van der Waals surface area (Å²) in [4.78, 5) is 28.6. The summed E-state index contributed by atoms with van der Waals surface area (Å²) in [6.45, 7) is 3.63. The van der Waals surface area contributed by atoms with Gasteiger partial charge in [-0.25, -0.2) is 9.78 Å². The number of aromatic nitrogens is 1. The van der Waals surface area contributed by atoms with E-state index in [0.717, 1.165) is 10.7 Å². The van der Waals surface area contributed by atoms with Crippen LogP contribution in [0.1, 0.15) is 17.1 Å². The number of urea groups is 1. The Hall–Kier alpha value is -1.67. The first-order valence-corrected chi connectivity index (χ1v) is 7.69. The summed E-state index contributed by atoms with van der Waals surface area (Å²) in [7, 11) is 0. The Balaban J connectivity index is 1.73. The monoisotopic (exact) mass is 313 g/mol. The molecule has 0 aliphatic carbocycles. The van der Waals surface area contributed by atoms with Crippen LogP contribution in [0.25, 0.3) is 0 Å². The Kier molecular flexibility index (Phi) is 5.51. The van der Waals surface area contributed by atoms with Crippen molar-refractivity contribution >= 4 is 23.3 Å². The summed E-state index contributed by atoms with van der Waals surface area (Å²) < 4.78 is 5.33. The van der Waals surface area contributed by atoms with Gasteiger partial charge in [-0.1, -0.05) is 0 Å². The third kappa shape index (κ3) is 4.98. The number of amides is 2. The first-order valence-electron chi connectivity index (χ1n) is 6.82. The van der Waals surface area contributed by atoms with E-state index in [9.17, 15) is 9.59 Å². The average Bonchev–Trinajstić information content (AvgIpc) is 2.84. The number of rotatable bonds is 5. The number of hydrogen-bond acceptors (Lipinski definition) is 5. The van der Waals surface area contributed by atoms with Gasteiger partial charge in [0.15, 0.2) is 0 Å². The standard InChI is InChI=1S/C13H19N3O4S/c1-9-8-21-11(15-9)2-3-14-13(19)16-4-5-20-10(7-16)6-12(17)18/h8,10H,2-7H2,1H3,(H,14,19)(H,17,18). The predicted molar refractivity (Wildman–Crippen MR) is 77.5 cm³/mol. The Bertz CT molecular complexity index is 505. The first-order chi connectivity index (χ1) is 10.0. The molecule has 1 unspecified atom stereocenters. The summed E-state index contributed by atoms with van der Waals surface area (Å²) in [5.41, 5.74) is 0.992. The summed E-state index contributed by atoms with van der Waals surface area (Å²) in [5.74, 6) is -0.915. The first kappa shape index (κ1) is 15.7. The highest BCUT2D eigenvalue weighted by atomic mass is 32.1. The molecule has 1 fully saturated rings. The van der Waals surface area contributed by atoms with Crippen molar-refractivity contribution < 1.29 is 19.4 Å². The van der Waals surface area contributed by atoms with Crippen LogP contribution in [0.3, 0.4) is 0 Å². The lowest BCUT2D eigenvalue weighted by atomic mass is 10.2. The van der Waals surface area contributed by atoms with Crippen LogP contribution in [-0.2, 0) is 16.0 Å². The molecule has 1 aliphatic rings. The molecule has 1 atom stereocenters. The second-order valence-corrected chi connectivity index (χ2v) is 5.84. The van der Waals surface area contributed by atoms with Gasteiger partial charge in [0.2, 0.25) is 0 Å². The molecule has 2 N–H and O–H groups in total. The SMILES string of the molecule is Cc1csc(CCNC(=O)N2CCOC(CC(=O)O)C2)n1. The van der Waals surface area contributed by atoms with E-state index in [1.54, 1.807) is 16.2 Å². The van der Waals surface area contributed by atoms with E-state index in [0.29, 0.717) is 32.7 Å². The molecule has 0 bridgehead atoms. The highest BCUT2D eigenvalue weighted by Crippen LogP contribution is 2.10. The number of ether oxygens (including phenoxy) is 1. The fourth-order valence-electron chi connectivity index (χ4n) is 2.13. The van der Waals surface area contributed by atoms with Crippen LogP contribution >= 0.6 is 11.3 Å². The lowest BCUT2D eigenvalue weighted by molar-refractivity contribution is -0.141. The van der Waals surface area contributed by atoms with Crippen molar-refractivity contribution in [1.29, 1.82) is 0 Å². The third-order valence-corrected chi connectivity index (χ3v) is 4.14. The van der Waals surface area contributed by atoms with Gasteiger partial charge < -0.3 is 20.1 Å². The number of nitrogens with zero attached hydrogens (tertiary/aromatic N) is 2. The Morgan fingerprint density at radius 3 is 3.10 bits per heavy atom. The molecule has 2 amide bonds. The second-order valence-electron chi connectivity index (χ2n) is 4.90. The van der Waals surface area contributed by atoms with Crippen LogP contribution in [0.4, 0.5) is 4.79 Å². The third-order valence-electron chi connectivity index (χ3n) is 3.11. The lowest BCUT2D eigenvalue weighted by Crippen LogP contribution is -2.50. The van der Waals surface area contributed by atoms with E-state index in [2.05, 4.69) is 10.3 Å². The molecule has 0 aromatic carbocycles. The molecule has 21 heavy (non-hydrogen) atoms. The van der Waals surface area contributed by atoms with E-state index >= 15 is 0 Å². The van der Waals surface area contributed by atoms with Crippen molar-refractivity contribution in [2.45, 2.75) is 25.9 Å². The van der Waals surface area contributed by atoms with Gasteiger partial charge in [0, 0.05) is 37.1 Å². The minimum Gasteiger partial charge on any atom is -0.481 e. The van der Waals surface area contributed by atoms with E-state index < -0.39 is 12.1 Å². The molecule has 0 saturated carbocycles. The second kappa shape index (κ2) is 7.37. The van der Waals surface area contributed by atoms with Crippen LogP contribution < -0.4 is 5.32 Å². The maximum absolute atomic E-state index is 12.0. The largest absolute Gasteiger partial charge is 0.481 e. The highest BCUT2D eigenvalue weighted by molar-refractivity contribution is 7.09. The molecule has 7 nitrogen and oxygen atoms in total. The number of morpholine rings is 1. The molecular formula is C13H19N3O4S. The molecule has 8 heteroatoms. The van der Waals surface area contributed by atoms with Gasteiger partial charge in [-0.05, 0) is 6.92 Å². The number of carbonyl (C=O) groups is 2. The minimum absolute atomic E-state index is 0.0812. The Labute approximate surface area is 126 Å². The van der Waals surface area contributed by atoms with Crippen LogP contribution in [0.5, 0.6) is 0 Å². The number of aryl methyl sites for hydroxylation is 1. The molecule has 0 spiro atoms. The quantitative estimate of drug-likeness (QED) is 0.842. The summed E-state index contributed by atoms with van der Waals surface area (Å²) in [6, 6.07) is -0.179. The van der Waals surface area contributed by atoms with Crippen LogP contribution in [-0.4, -0.2) is 59.3 Å². The molecular weight excluding hydrogens is 294 g/mol. The smallest absolute Gasteiger partial charge is 0.317 e. The number of thiazole rings is 1. The lowest BCUT2D eigenvalue weighted by Gasteiger charge is -2.32. The number of carbonyl (C=O) groups excluding carboxylic acids is 1. The molecule has 2 heterocycles. The number of carboxylic acid groups (broad SMARTS) is 1. The molecule has 1 saturated heterocycles. The van der Waals surface area contributed by atoms with Crippen molar-refractivity contribution in [2.24, 2.45) is 0 Å².